The Morgan fingerprint density at radius 1 is 1.35 bits per heavy atom. The van der Waals surface area contributed by atoms with Crippen molar-refractivity contribution in [3.8, 4) is 0 Å². The fourth-order valence-electron chi connectivity index (χ4n) is 2.49. The number of anilines is 1. The third-order valence-electron chi connectivity index (χ3n) is 4.18. The number of aromatic nitrogens is 1. The van der Waals surface area contributed by atoms with Crippen LogP contribution in [0, 0.1) is 6.92 Å². The molecule has 1 N–H and O–H groups in total. The molecule has 0 radical (unpaired) electrons. The van der Waals surface area contributed by atoms with Crippen molar-refractivity contribution in [1.29, 1.82) is 0 Å². The standard InChI is InChI=1S/C15H28N4S/c1-6-7-16-10-13-12(2)17-14(20-13)19-9-8-18(5)15(3,4)11-19/h16H,6-11H2,1-5H3. The lowest BCUT2D eigenvalue weighted by Gasteiger charge is -2.45. The zero-order valence-electron chi connectivity index (χ0n) is 13.5. The van der Waals surface area contributed by atoms with E-state index in [2.05, 4.69) is 49.9 Å². The van der Waals surface area contributed by atoms with E-state index in [0.717, 1.165) is 32.7 Å². The summed E-state index contributed by atoms with van der Waals surface area (Å²) in [6, 6.07) is 0. The van der Waals surface area contributed by atoms with Gasteiger partial charge in [-0.1, -0.05) is 6.92 Å². The number of nitrogens with zero attached hydrogens (tertiary/aromatic N) is 3. The third-order valence-corrected chi connectivity index (χ3v) is 5.40. The van der Waals surface area contributed by atoms with E-state index >= 15 is 0 Å². The number of hydrogen-bond acceptors (Lipinski definition) is 5. The number of hydrogen-bond donors (Lipinski definition) is 1. The van der Waals surface area contributed by atoms with Crippen LogP contribution in [0.3, 0.4) is 0 Å². The van der Waals surface area contributed by atoms with Crippen LogP contribution in [0.4, 0.5) is 5.13 Å². The molecule has 5 heteroatoms. The molecule has 0 amide bonds. The average molecular weight is 296 g/mol. The quantitative estimate of drug-likeness (QED) is 0.846. The number of thiazole rings is 1. The van der Waals surface area contributed by atoms with Crippen LogP contribution in [0.25, 0.3) is 0 Å². The summed E-state index contributed by atoms with van der Waals surface area (Å²) in [5.41, 5.74) is 1.41. The zero-order chi connectivity index (χ0) is 14.8. The molecule has 2 heterocycles. The van der Waals surface area contributed by atoms with Gasteiger partial charge in [-0.15, -0.1) is 11.3 Å². The van der Waals surface area contributed by atoms with Crippen LogP contribution in [0.5, 0.6) is 0 Å². The number of piperazine rings is 1. The zero-order valence-corrected chi connectivity index (χ0v) is 14.3. The van der Waals surface area contributed by atoms with Gasteiger partial charge in [-0.25, -0.2) is 4.98 Å². The molecule has 20 heavy (non-hydrogen) atoms. The summed E-state index contributed by atoms with van der Waals surface area (Å²) in [7, 11) is 2.21. The minimum Gasteiger partial charge on any atom is -0.345 e. The number of likely N-dealkylation sites (N-methyl/N-ethyl adjacent to an activating group) is 1. The van der Waals surface area contributed by atoms with Gasteiger partial charge in [0.15, 0.2) is 5.13 Å². The minimum absolute atomic E-state index is 0.221. The fourth-order valence-corrected chi connectivity index (χ4v) is 3.55. The Morgan fingerprint density at radius 3 is 2.75 bits per heavy atom. The minimum atomic E-state index is 0.221. The summed E-state index contributed by atoms with van der Waals surface area (Å²) in [4.78, 5) is 11.1. The monoisotopic (exact) mass is 296 g/mol. The number of rotatable bonds is 5. The first-order valence-electron chi connectivity index (χ1n) is 7.57. The first kappa shape index (κ1) is 15.7. The molecule has 1 aliphatic heterocycles. The third kappa shape index (κ3) is 3.51. The Bertz CT molecular complexity index is 441. The second-order valence-electron chi connectivity index (χ2n) is 6.34. The van der Waals surface area contributed by atoms with Crippen molar-refractivity contribution >= 4 is 16.5 Å². The Hall–Kier alpha value is -0.650. The Morgan fingerprint density at radius 2 is 2.10 bits per heavy atom. The molecule has 1 saturated heterocycles. The lowest BCUT2D eigenvalue weighted by atomic mass is 10.0. The second kappa shape index (κ2) is 6.41. The SMILES string of the molecule is CCCNCc1sc(N2CCN(C)C(C)(C)C2)nc1C. The summed E-state index contributed by atoms with van der Waals surface area (Å²) in [6.07, 6.45) is 1.18. The first-order chi connectivity index (χ1) is 9.44. The smallest absolute Gasteiger partial charge is 0.185 e. The Balaban J connectivity index is 2.04. The summed E-state index contributed by atoms with van der Waals surface area (Å²) >= 11 is 1.85. The van der Waals surface area contributed by atoms with Gasteiger partial charge < -0.3 is 10.2 Å². The molecule has 0 spiro atoms. The molecule has 1 fully saturated rings. The van der Waals surface area contributed by atoms with Crippen molar-refractivity contribution in [2.24, 2.45) is 0 Å². The molecule has 0 aromatic carbocycles. The maximum atomic E-state index is 4.79. The van der Waals surface area contributed by atoms with Gasteiger partial charge in [0.1, 0.15) is 0 Å². The number of aryl methyl sites for hydroxylation is 1. The van der Waals surface area contributed by atoms with Crippen molar-refractivity contribution in [3.05, 3.63) is 10.6 Å². The second-order valence-corrected chi connectivity index (χ2v) is 7.40. The van der Waals surface area contributed by atoms with Crippen LogP contribution in [0.1, 0.15) is 37.8 Å². The van der Waals surface area contributed by atoms with Crippen molar-refractivity contribution in [1.82, 2.24) is 15.2 Å². The predicted molar refractivity (Wildman–Crippen MR) is 87.8 cm³/mol. The highest BCUT2D eigenvalue weighted by atomic mass is 32.1. The molecule has 0 unspecified atom stereocenters. The lowest BCUT2D eigenvalue weighted by Crippen LogP contribution is -2.57. The molecule has 1 aromatic heterocycles. The molecule has 0 saturated carbocycles. The maximum absolute atomic E-state index is 4.79. The summed E-state index contributed by atoms with van der Waals surface area (Å²) < 4.78 is 0. The van der Waals surface area contributed by atoms with E-state index < -0.39 is 0 Å². The molecular weight excluding hydrogens is 268 g/mol. The van der Waals surface area contributed by atoms with Gasteiger partial charge in [0.05, 0.1) is 5.69 Å². The van der Waals surface area contributed by atoms with Crippen LogP contribution in [-0.2, 0) is 6.54 Å². The Kier molecular flexibility index (Phi) is 5.04. The van der Waals surface area contributed by atoms with Gasteiger partial charge in [-0.3, -0.25) is 4.90 Å². The van der Waals surface area contributed by atoms with Gasteiger partial charge in [0.25, 0.3) is 0 Å². The molecule has 0 atom stereocenters. The molecule has 114 valence electrons. The van der Waals surface area contributed by atoms with Crippen LogP contribution in [-0.4, -0.2) is 48.6 Å². The lowest BCUT2D eigenvalue weighted by molar-refractivity contribution is 0.139. The van der Waals surface area contributed by atoms with E-state index in [1.165, 1.54) is 22.1 Å². The normalized spacial score (nSPS) is 19.6. The summed E-state index contributed by atoms with van der Waals surface area (Å²) in [5, 5.41) is 4.67. The first-order valence-corrected chi connectivity index (χ1v) is 8.39. The fraction of sp³-hybridized carbons (Fsp3) is 0.800. The summed E-state index contributed by atoms with van der Waals surface area (Å²) in [6.45, 7) is 14.2. The van der Waals surface area contributed by atoms with E-state index in [4.69, 9.17) is 4.98 Å². The van der Waals surface area contributed by atoms with E-state index in [9.17, 15) is 0 Å². The molecule has 2 rings (SSSR count). The maximum Gasteiger partial charge on any atom is 0.185 e. The van der Waals surface area contributed by atoms with Gasteiger partial charge in [-0.05, 0) is 40.8 Å². The van der Waals surface area contributed by atoms with Crippen molar-refractivity contribution in [2.75, 3.05) is 38.1 Å². The highest BCUT2D eigenvalue weighted by Gasteiger charge is 2.32. The molecule has 4 nitrogen and oxygen atoms in total. The molecule has 0 aliphatic carbocycles. The van der Waals surface area contributed by atoms with Crippen LogP contribution < -0.4 is 10.2 Å². The highest BCUT2D eigenvalue weighted by molar-refractivity contribution is 7.15. The largest absolute Gasteiger partial charge is 0.345 e. The summed E-state index contributed by atoms with van der Waals surface area (Å²) in [5.74, 6) is 0. The van der Waals surface area contributed by atoms with Crippen molar-refractivity contribution in [2.45, 2.75) is 46.2 Å². The van der Waals surface area contributed by atoms with Crippen molar-refractivity contribution in [3.63, 3.8) is 0 Å². The van der Waals surface area contributed by atoms with Crippen LogP contribution in [0.2, 0.25) is 0 Å². The molecular formula is C15H28N4S. The van der Waals surface area contributed by atoms with Gasteiger partial charge in [0.2, 0.25) is 0 Å². The van der Waals surface area contributed by atoms with Crippen LogP contribution in [0.15, 0.2) is 0 Å². The molecule has 1 aromatic rings. The topological polar surface area (TPSA) is 31.4 Å². The van der Waals surface area contributed by atoms with Gasteiger partial charge in [-0.2, -0.15) is 0 Å². The highest BCUT2D eigenvalue weighted by Crippen LogP contribution is 2.30. The predicted octanol–water partition coefficient (Wildman–Crippen LogP) is 2.48. The van der Waals surface area contributed by atoms with Crippen molar-refractivity contribution < 1.29 is 0 Å². The van der Waals surface area contributed by atoms with Gasteiger partial charge in [0, 0.05) is 36.6 Å². The van der Waals surface area contributed by atoms with E-state index in [1.807, 2.05) is 11.3 Å². The van der Waals surface area contributed by atoms with Gasteiger partial charge >= 0.3 is 0 Å². The van der Waals surface area contributed by atoms with E-state index in [0.29, 0.717) is 0 Å². The number of nitrogens with one attached hydrogen (secondary N) is 1. The molecule has 1 aliphatic rings. The Labute approximate surface area is 127 Å². The average Bonchev–Trinajstić information content (AvgIpc) is 2.75. The van der Waals surface area contributed by atoms with E-state index in [-0.39, 0.29) is 5.54 Å². The van der Waals surface area contributed by atoms with Crippen LogP contribution >= 0.6 is 11.3 Å². The van der Waals surface area contributed by atoms with E-state index in [1.54, 1.807) is 0 Å². The molecule has 0 bridgehead atoms.